The van der Waals surface area contributed by atoms with E-state index in [-0.39, 0.29) is 5.97 Å². The third kappa shape index (κ3) is 4.62. The topological polar surface area (TPSA) is 52.3 Å². The average molecular weight is 297 g/mol. The first kappa shape index (κ1) is 16.1. The molecule has 0 unspecified atom stereocenters. The summed E-state index contributed by atoms with van der Waals surface area (Å²) in [6, 6.07) is 16.0. The van der Waals surface area contributed by atoms with Crippen molar-refractivity contribution in [3.05, 3.63) is 54.1 Å². The highest BCUT2D eigenvalue weighted by Crippen LogP contribution is 2.27. The van der Waals surface area contributed by atoms with Gasteiger partial charge in [-0.25, -0.2) is 0 Å². The van der Waals surface area contributed by atoms with Crippen LogP contribution in [0.4, 0.5) is 5.69 Å². The van der Waals surface area contributed by atoms with Crippen molar-refractivity contribution < 1.29 is 9.53 Å². The minimum atomic E-state index is -0.437. The van der Waals surface area contributed by atoms with E-state index in [2.05, 4.69) is 0 Å². The van der Waals surface area contributed by atoms with Crippen LogP contribution in [-0.2, 0) is 16.0 Å². The Labute approximate surface area is 132 Å². The molecule has 0 atom stereocenters. The largest absolute Gasteiger partial charge is 0.460 e. The Kier molecular flexibility index (Phi) is 4.86. The second-order valence-corrected chi connectivity index (χ2v) is 6.37. The lowest BCUT2D eigenvalue weighted by Crippen LogP contribution is -2.24. The Morgan fingerprint density at radius 1 is 1.09 bits per heavy atom. The molecule has 0 aromatic heterocycles. The Morgan fingerprint density at radius 3 is 2.36 bits per heavy atom. The smallest absolute Gasteiger partial charge is 0.306 e. The van der Waals surface area contributed by atoms with Crippen molar-refractivity contribution in [2.45, 2.75) is 39.2 Å². The predicted molar refractivity (Wildman–Crippen MR) is 90.5 cm³/mol. The number of nitrogens with two attached hydrogens (primary N) is 1. The van der Waals surface area contributed by atoms with Crippen LogP contribution in [0.3, 0.4) is 0 Å². The van der Waals surface area contributed by atoms with Gasteiger partial charge in [0.1, 0.15) is 5.60 Å². The molecule has 0 spiro atoms. The molecule has 2 rings (SSSR count). The minimum Gasteiger partial charge on any atom is -0.460 e. The van der Waals surface area contributed by atoms with Crippen LogP contribution in [0.15, 0.2) is 48.5 Å². The molecular weight excluding hydrogens is 274 g/mol. The molecular formula is C19H23NO2. The van der Waals surface area contributed by atoms with E-state index in [4.69, 9.17) is 10.5 Å². The van der Waals surface area contributed by atoms with Gasteiger partial charge in [0.2, 0.25) is 0 Å². The molecule has 3 heteroatoms. The Morgan fingerprint density at radius 2 is 1.77 bits per heavy atom. The maximum Gasteiger partial charge on any atom is 0.306 e. The second-order valence-electron chi connectivity index (χ2n) is 6.37. The summed E-state index contributed by atoms with van der Waals surface area (Å²) >= 11 is 0. The third-order valence-electron chi connectivity index (χ3n) is 3.24. The summed E-state index contributed by atoms with van der Waals surface area (Å²) in [6.07, 6.45) is 0.996. The summed E-state index contributed by atoms with van der Waals surface area (Å²) in [6.45, 7) is 5.62. The lowest BCUT2D eigenvalue weighted by atomic mass is 10.00. The van der Waals surface area contributed by atoms with Crippen molar-refractivity contribution in [2.24, 2.45) is 0 Å². The van der Waals surface area contributed by atoms with E-state index in [1.165, 1.54) is 0 Å². The van der Waals surface area contributed by atoms with Crippen LogP contribution < -0.4 is 5.73 Å². The zero-order valence-electron chi connectivity index (χ0n) is 13.4. The molecule has 0 aliphatic carbocycles. The second kappa shape index (κ2) is 6.65. The fourth-order valence-electron chi connectivity index (χ4n) is 2.29. The van der Waals surface area contributed by atoms with Gasteiger partial charge in [-0.15, -0.1) is 0 Å². The van der Waals surface area contributed by atoms with Gasteiger partial charge in [-0.2, -0.15) is 0 Å². The van der Waals surface area contributed by atoms with Crippen molar-refractivity contribution in [3.8, 4) is 11.1 Å². The van der Waals surface area contributed by atoms with Crippen molar-refractivity contribution in [1.82, 2.24) is 0 Å². The van der Waals surface area contributed by atoms with Gasteiger partial charge >= 0.3 is 5.97 Å². The van der Waals surface area contributed by atoms with Crippen molar-refractivity contribution in [3.63, 3.8) is 0 Å². The highest BCUT2D eigenvalue weighted by Gasteiger charge is 2.16. The molecule has 0 heterocycles. The summed E-state index contributed by atoms with van der Waals surface area (Å²) in [5, 5.41) is 0. The number of hydrogen-bond acceptors (Lipinski definition) is 3. The fraction of sp³-hybridized carbons (Fsp3) is 0.316. The molecule has 0 amide bonds. The number of aryl methyl sites for hydroxylation is 1. The molecule has 22 heavy (non-hydrogen) atoms. The predicted octanol–water partition coefficient (Wildman–Crippen LogP) is 4.21. The molecule has 2 aromatic carbocycles. The minimum absolute atomic E-state index is 0.182. The molecule has 3 nitrogen and oxygen atoms in total. The highest BCUT2D eigenvalue weighted by molar-refractivity contribution is 5.77. The van der Waals surface area contributed by atoms with Gasteiger partial charge in [-0.1, -0.05) is 42.5 Å². The van der Waals surface area contributed by atoms with Gasteiger partial charge in [0.15, 0.2) is 0 Å². The standard InChI is InChI=1S/C19H23NO2/c1-19(2,3)22-18(21)12-10-14-9-11-16(17(20)13-14)15-7-5-4-6-8-15/h4-9,11,13H,10,12,20H2,1-3H3. The van der Waals surface area contributed by atoms with Crippen molar-refractivity contribution in [1.29, 1.82) is 0 Å². The first-order valence-electron chi connectivity index (χ1n) is 7.51. The number of carbonyl (C=O) groups excluding carboxylic acids is 1. The van der Waals surface area contributed by atoms with E-state index in [1.54, 1.807) is 0 Å². The molecule has 0 fully saturated rings. The number of ether oxygens (including phenoxy) is 1. The lowest BCUT2D eigenvalue weighted by Gasteiger charge is -2.19. The zero-order chi connectivity index (χ0) is 16.2. The maximum absolute atomic E-state index is 11.8. The molecule has 0 aliphatic rings. The molecule has 0 aliphatic heterocycles. The number of benzene rings is 2. The molecule has 0 radical (unpaired) electrons. The number of carbonyl (C=O) groups is 1. The van der Waals surface area contributed by atoms with Crippen LogP contribution in [0.25, 0.3) is 11.1 Å². The number of esters is 1. The van der Waals surface area contributed by atoms with E-state index >= 15 is 0 Å². The number of nitrogen functional groups attached to an aromatic ring is 1. The highest BCUT2D eigenvalue weighted by atomic mass is 16.6. The van der Waals surface area contributed by atoms with Crippen LogP contribution in [0.5, 0.6) is 0 Å². The molecule has 2 N–H and O–H groups in total. The van der Waals surface area contributed by atoms with Crippen molar-refractivity contribution >= 4 is 11.7 Å². The van der Waals surface area contributed by atoms with Gasteiger partial charge in [0, 0.05) is 17.7 Å². The van der Waals surface area contributed by atoms with E-state index in [0.29, 0.717) is 12.8 Å². The van der Waals surface area contributed by atoms with Gasteiger partial charge in [0.05, 0.1) is 0 Å². The van der Waals surface area contributed by atoms with Crippen LogP contribution in [-0.4, -0.2) is 11.6 Å². The monoisotopic (exact) mass is 297 g/mol. The number of hydrogen-bond donors (Lipinski definition) is 1. The molecule has 0 saturated carbocycles. The maximum atomic E-state index is 11.8. The van der Waals surface area contributed by atoms with E-state index < -0.39 is 5.60 Å². The summed E-state index contributed by atoms with van der Waals surface area (Å²) in [5.74, 6) is -0.182. The van der Waals surface area contributed by atoms with Gasteiger partial charge in [-0.3, -0.25) is 4.79 Å². The van der Waals surface area contributed by atoms with E-state index in [0.717, 1.165) is 22.4 Å². The van der Waals surface area contributed by atoms with Gasteiger partial charge in [-0.05, 0) is 44.4 Å². The van der Waals surface area contributed by atoms with Crippen molar-refractivity contribution in [2.75, 3.05) is 5.73 Å². The zero-order valence-corrected chi connectivity index (χ0v) is 13.4. The van der Waals surface area contributed by atoms with E-state index in [1.807, 2.05) is 69.3 Å². The van der Waals surface area contributed by atoms with E-state index in [9.17, 15) is 4.79 Å². The molecule has 0 bridgehead atoms. The molecule has 2 aromatic rings. The number of rotatable bonds is 4. The normalized spacial score (nSPS) is 11.2. The Bertz CT molecular complexity index is 642. The molecule has 0 saturated heterocycles. The quantitative estimate of drug-likeness (QED) is 0.679. The summed E-state index contributed by atoms with van der Waals surface area (Å²) < 4.78 is 5.31. The van der Waals surface area contributed by atoms with Gasteiger partial charge in [0.25, 0.3) is 0 Å². The Hall–Kier alpha value is -2.29. The van der Waals surface area contributed by atoms with Crippen LogP contribution in [0, 0.1) is 0 Å². The summed E-state index contributed by atoms with van der Waals surface area (Å²) in [5.41, 5.74) is 9.59. The number of anilines is 1. The molecule has 116 valence electrons. The lowest BCUT2D eigenvalue weighted by molar-refractivity contribution is -0.154. The van der Waals surface area contributed by atoms with Crippen LogP contribution >= 0.6 is 0 Å². The SMILES string of the molecule is CC(C)(C)OC(=O)CCc1ccc(-c2ccccc2)c(N)c1. The van der Waals surface area contributed by atoms with Crippen LogP contribution in [0.1, 0.15) is 32.8 Å². The fourth-order valence-corrected chi connectivity index (χ4v) is 2.29. The first-order chi connectivity index (χ1) is 10.3. The van der Waals surface area contributed by atoms with Gasteiger partial charge < -0.3 is 10.5 Å². The third-order valence-corrected chi connectivity index (χ3v) is 3.24. The van der Waals surface area contributed by atoms with Crippen LogP contribution in [0.2, 0.25) is 0 Å². The summed E-state index contributed by atoms with van der Waals surface area (Å²) in [7, 11) is 0. The first-order valence-corrected chi connectivity index (χ1v) is 7.51. The Balaban J connectivity index is 2.03. The average Bonchev–Trinajstić information content (AvgIpc) is 2.44. The summed E-state index contributed by atoms with van der Waals surface area (Å²) in [4.78, 5) is 11.8.